The van der Waals surface area contributed by atoms with Crippen molar-refractivity contribution in [3.05, 3.63) is 35.0 Å². The van der Waals surface area contributed by atoms with E-state index in [1.807, 2.05) is 18.3 Å². The second-order valence-electron chi connectivity index (χ2n) is 8.45. The molecule has 158 valence electrons. The number of benzene rings is 1. The maximum absolute atomic E-state index is 13.6. The van der Waals surface area contributed by atoms with Crippen molar-refractivity contribution >= 4 is 28.4 Å². The quantitative estimate of drug-likeness (QED) is 0.714. The van der Waals surface area contributed by atoms with Crippen molar-refractivity contribution < 1.29 is 13.6 Å². The number of hydrogen-bond donors (Lipinski definition) is 1. The van der Waals surface area contributed by atoms with Crippen molar-refractivity contribution in [3.63, 3.8) is 0 Å². The van der Waals surface area contributed by atoms with Crippen LogP contribution in [0.5, 0.6) is 0 Å². The molecule has 2 aliphatic rings. The number of hydrogen-bond acceptors (Lipinski definition) is 2. The Bertz CT molecular complexity index is 876. The van der Waals surface area contributed by atoms with E-state index in [0.717, 1.165) is 43.5 Å². The lowest BCUT2D eigenvalue weighted by Gasteiger charge is -2.28. The molecule has 1 aromatic heterocycles. The largest absolute Gasteiger partial charge is 0.352 e. The normalized spacial score (nSPS) is 22.2. The van der Waals surface area contributed by atoms with Gasteiger partial charge in [0.15, 0.2) is 0 Å². The number of rotatable bonds is 6. The van der Waals surface area contributed by atoms with Crippen LogP contribution in [-0.4, -0.2) is 47.5 Å². The third-order valence-corrected chi connectivity index (χ3v) is 6.56. The average molecular weight is 424 g/mol. The second-order valence-corrected chi connectivity index (χ2v) is 8.85. The van der Waals surface area contributed by atoms with Gasteiger partial charge in [0.25, 0.3) is 5.91 Å². The maximum Gasteiger partial charge on any atom is 0.253 e. The van der Waals surface area contributed by atoms with Gasteiger partial charge < -0.3 is 14.8 Å². The predicted octanol–water partition coefficient (Wildman–Crippen LogP) is 4.95. The van der Waals surface area contributed by atoms with Gasteiger partial charge in [0.05, 0.1) is 16.1 Å². The molecule has 2 heterocycles. The van der Waals surface area contributed by atoms with Crippen molar-refractivity contribution in [3.8, 4) is 0 Å². The number of alkyl halides is 2. The summed E-state index contributed by atoms with van der Waals surface area (Å²) in [7, 11) is 0. The third kappa shape index (κ3) is 4.75. The maximum atomic E-state index is 13.6. The molecule has 1 saturated heterocycles. The van der Waals surface area contributed by atoms with Gasteiger partial charge in [-0.2, -0.15) is 0 Å². The monoisotopic (exact) mass is 423 g/mol. The highest BCUT2D eigenvalue weighted by Crippen LogP contribution is 2.36. The Balaban J connectivity index is 1.49. The van der Waals surface area contributed by atoms with Crippen molar-refractivity contribution in [2.24, 2.45) is 5.92 Å². The molecular formula is C22H28ClF2N3O. The summed E-state index contributed by atoms with van der Waals surface area (Å²) in [6, 6.07) is 5.65. The SMILES string of the molecule is O=C(NCC1CCCC(F)(F)C1)c1cn(CCN2CCCC2)c2cccc(Cl)c12. The minimum Gasteiger partial charge on any atom is -0.352 e. The molecule has 1 atom stereocenters. The molecule has 1 aliphatic carbocycles. The van der Waals surface area contributed by atoms with E-state index in [4.69, 9.17) is 11.6 Å². The molecule has 0 spiro atoms. The number of carbonyl (C=O) groups excluding carboxylic acids is 1. The summed E-state index contributed by atoms with van der Waals surface area (Å²) < 4.78 is 29.4. The second kappa shape index (κ2) is 8.60. The van der Waals surface area contributed by atoms with Crippen molar-refractivity contribution in [2.75, 3.05) is 26.2 Å². The minimum atomic E-state index is -2.61. The summed E-state index contributed by atoms with van der Waals surface area (Å²) in [5.74, 6) is -3.03. The number of nitrogens with zero attached hydrogens (tertiary/aromatic N) is 2. The molecule has 1 aromatic carbocycles. The number of nitrogens with one attached hydrogen (secondary N) is 1. The molecule has 2 fully saturated rings. The van der Waals surface area contributed by atoms with Gasteiger partial charge in [0, 0.05) is 44.1 Å². The number of amides is 1. The fraction of sp³-hybridized carbons (Fsp3) is 0.591. The lowest BCUT2D eigenvalue weighted by atomic mass is 9.86. The van der Waals surface area contributed by atoms with Crippen LogP contribution in [0, 0.1) is 5.92 Å². The summed E-state index contributed by atoms with van der Waals surface area (Å²) in [4.78, 5) is 15.3. The van der Waals surface area contributed by atoms with Gasteiger partial charge in [-0.3, -0.25) is 4.79 Å². The zero-order valence-electron chi connectivity index (χ0n) is 16.6. The minimum absolute atomic E-state index is 0.0441. The summed E-state index contributed by atoms with van der Waals surface area (Å²) in [5, 5.41) is 4.16. The highest BCUT2D eigenvalue weighted by molar-refractivity contribution is 6.36. The van der Waals surface area contributed by atoms with Crippen LogP contribution in [0.3, 0.4) is 0 Å². The smallest absolute Gasteiger partial charge is 0.253 e. The van der Waals surface area contributed by atoms with E-state index in [-0.39, 0.29) is 31.2 Å². The first kappa shape index (κ1) is 20.6. The number of aromatic nitrogens is 1. The molecule has 1 saturated carbocycles. The van der Waals surface area contributed by atoms with Gasteiger partial charge in [-0.1, -0.05) is 17.7 Å². The average Bonchev–Trinajstić information content (AvgIpc) is 3.32. The van der Waals surface area contributed by atoms with Crippen molar-refractivity contribution in [1.29, 1.82) is 0 Å². The molecule has 1 N–H and O–H groups in total. The molecule has 0 bridgehead atoms. The fourth-order valence-corrected chi connectivity index (χ4v) is 4.97. The fourth-order valence-electron chi connectivity index (χ4n) is 4.70. The van der Waals surface area contributed by atoms with Crippen LogP contribution in [0.4, 0.5) is 8.78 Å². The molecule has 29 heavy (non-hydrogen) atoms. The van der Waals surface area contributed by atoms with E-state index in [2.05, 4.69) is 14.8 Å². The standard InChI is InChI=1S/C22H28ClF2N3O/c23-18-6-3-7-19-20(18)17(15-28(19)12-11-27-9-1-2-10-27)21(29)26-14-16-5-4-8-22(24,25)13-16/h3,6-7,15-16H,1-2,4-5,8-14H2,(H,26,29). The van der Waals surface area contributed by atoms with Crippen molar-refractivity contribution in [2.45, 2.75) is 51.0 Å². The Morgan fingerprint density at radius 2 is 2.00 bits per heavy atom. The predicted molar refractivity (Wildman–Crippen MR) is 112 cm³/mol. The van der Waals surface area contributed by atoms with Crippen LogP contribution in [0.15, 0.2) is 24.4 Å². The van der Waals surface area contributed by atoms with Crippen LogP contribution < -0.4 is 5.32 Å². The van der Waals surface area contributed by atoms with E-state index < -0.39 is 5.92 Å². The number of halogens is 3. The Labute approximate surface area is 175 Å². The van der Waals surface area contributed by atoms with Gasteiger partial charge in [-0.15, -0.1) is 0 Å². The molecule has 2 aromatic rings. The van der Waals surface area contributed by atoms with Gasteiger partial charge in [-0.05, 0) is 56.8 Å². The number of fused-ring (bicyclic) bond motifs is 1. The summed E-state index contributed by atoms with van der Waals surface area (Å²) in [5.41, 5.74) is 1.46. The van der Waals surface area contributed by atoms with Gasteiger partial charge in [-0.25, -0.2) is 8.78 Å². The summed E-state index contributed by atoms with van der Waals surface area (Å²) in [6.07, 6.45) is 5.39. The van der Waals surface area contributed by atoms with Crippen LogP contribution in [0.25, 0.3) is 10.9 Å². The first-order valence-corrected chi connectivity index (χ1v) is 11.0. The van der Waals surface area contributed by atoms with E-state index in [9.17, 15) is 13.6 Å². The molecule has 7 heteroatoms. The molecule has 4 nitrogen and oxygen atoms in total. The van der Waals surface area contributed by atoms with Crippen LogP contribution in [0.1, 0.15) is 48.9 Å². The van der Waals surface area contributed by atoms with Crippen LogP contribution in [0.2, 0.25) is 5.02 Å². The number of carbonyl (C=O) groups is 1. The van der Waals surface area contributed by atoms with Crippen LogP contribution in [-0.2, 0) is 6.54 Å². The Morgan fingerprint density at radius 3 is 2.76 bits per heavy atom. The number of likely N-dealkylation sites (tertiary alicyclic amines) is 1. The Morgan fingerprint density at radius 1 is 1.21 bits per heavy atom. The molecular weight excluding hydrogens is 396 g/mol. The highest BCUT2D eigenvalue weighted by atomic mass is 35.5. The first-order chi connectivity index (χ1) is 13.9. The van der Waals surface area contributed by atoms with Gasteiger partial charge in [0.1, 0.15) is 0 Å². The molecule has 0 radical (unpaired) electrons. The van der Waals surface area contributed by atoms with E-state index in [1.165, 1.54) is 12.8 Å². The summed E-state index contributed by atoms with van der Waals surface area (Å²) >= 11 is 6.43. The lowest BCUT2D eigenvalue weighted by Crippen LogP contribution is -2.35. The lowest BCUT2D eigenvalue weighted by molar-refractivity contribution is -0.0518. The first-order valence-electron chi connectivity index (χ1n) is 10.6. The third-order valence-electron chi connectivity index (χ3n) is 6.25. The topological polar surface area (TPSA) is 37.3 Å². The molecule has 1 aliphatic heterocycles. The highest BCUT2D eigenvalue weighted by Gasteiger charge is 2.36. The summed E-state index contributed by atoms with van der Waals surface area (Å²) in [6.45, 7) is 4.26. The van der Waals surface area contributed by atoms with Gasteiger partial charge in [0.2, 0.25) is 5.92 Å². The van der Waals surface area contributed by atoms with Crippen LogP contribution >= 0.6 is 11.6 Å². The molecule has 1 amide bonds. The zero-order chi connectivity index (χ0) is 20.4. The van der Waals surface area contributed by atoms with E-state index in [0.29, 0.717) is 17.0 Å². The molecule has 4 rings (SSSR count). The van der Waals surface area contributed by atoms with E-state index >= 15 is 0 Å². The Hall–Kier alpha value is -1.66. The zero-order valence-corrected chi connectivity index (χ0v) is 17.4. The van der Waals surface area contributed by atoms with E-state index in [1.54, 1.807) is 6.07 Å². The Kier molecular flexibility index (Phi) is 6.11. The van der Waals surface area contributed by atoms with Crippen molar-refractivity contribution in [1.82, 2.24) is 14.8 Å². The van der Waals surface area contributed by atoms with Gasteiger partial charge >= 0.3 is 0 Å². The molecule has 1 unspecified atom stereocenters.